The van der Waals surface area contributed by atoms with Gasteiger partial charge in [-0.05, 0) is 25.5 Å². The van der Waals surface area contributed by atoms with Crippen molar-refractivity contribution in [2.24, 2.45) is 10.7 Å². The Morgan fingerprint density at radius 3 is 2.58 bits per heavy atom. The number of pyridine rings is 2. The molecule has 0 bridgehead atoms. The molecular weight excluding hydrogens is 502 g/mol. The molecule has 3 aromatic rings. The van der Waals surface area contributed by atoms with Gasteiger partial charge in [-0.3, -0.25) is 4.99 Å². The maximum Gasteiger partial charge on any atom is 0.232 e. The van der Waals surface area contributed by atoms with Crippen LogP contribution in [0.3, 0.4) is 0 Å². The lowest BCUT2D eigenvalue weighted by molar-refractivity contribution is 0.285. The Kier molecular flexibility index (Phi) is 9.03. The molecule has 1 atom stereocenters. The molecule has 0 aromatic carbocycles. The van der Waals surface area contributed by atoms with Crippen LogP contribution in [0.25, 0.3) is 11.0 Å². The molecule has 0 aliphatic carbocycles. The van der Waals surface area contributed by atoms with Crippen LogP contribution in [0.15, 0.2) is 35.7 Å². The molecule has 0 fully saturated rings. The van der Waals surface area contributed by atoms with Crippen LogP contribution in [-0.2, 0) is 6.42 Å². The summed E-state index contributed by atoms with van der Waals surface area (Å²) in [5.74, 6) is 6.37. The summed E-state index contributed by atoms with van der Waals surface area (Å²) in [6.07, 6.45) is 4.47. The number of fused-ring (bicyclic) bond motifs is 1. The Bertz CT molecular complexity index is 1410. The SMILES string of the molecule is BC(B)(B)C#CC(B)(B)Oc1cnc2c(Nc3cnc(F)c(C[C@](C)(CF)S/C(N)=N\C)c3)nccc2n1. The van der Waals surface area contributed by atoms with Crippen molar-refractivity contribution >= 4 is 78.7 Å². The second-order valence-corrected chi connectivity index (χ2v) is 12.2. The zero-order chi connectivity index (χ0) is 28.1. The van der Waals surface area contributed by atoms with Crippen LogP contribution in [0.1, 0.15) is 12.5 Å². The molecule has 0 aliphatic rings. The first-order chi connectivity index (χ1) is 17.7. The van der Waals surface area contributed by atoms with Crippen LogP contribution in [0.5, 0.6) is 5.88 Å². The van der Waals surface area contributed by atoms with Gasteiger partial charge >= 0.3 is 0 Å². The minimum Gasteiger partial charge on any atom is -0.477 e. The average molecular weight is 531 g/mol. The lowest BCUT2D eigenvalue weighted by atomic mass is 9.43. The second-order valence-electron chi connectivity index (χ2n) is 10.6. The summed E-state index contributed by atoms with van der Waals surface area (Å²) >= 11 is 1.06. The Labute approximate surface area is 230 Å². The van der Waals surface area contributed by atoms with Crippen LogP contribution >= 0.6 is 11.8 Å². The number of amidine groups is 1. The van der Waals surface area contributed by atoms with Crippen LogP contribution in [0, 0.1) is 17.8 Å². The fraction of sp³-hybridized carbons (Fsp3) is 0.318. The van der Waals surface area contributed by atoms with Gasteiger partial charge in [0.1, 0.15) is 35.7 Å². The highest BCUT2D eigenvalue weighted by Crippen LogP contribution is 2.32. The molecule has 8 nitrogen and oxygen atoms in total. The Morgan fingerprint density at radius 1 is 1.18 bits per heavy atom. The predicted molar refractivity (Wildman–Crippen MR) is 165 cm³/mol. The Morgan fingerprint density at radius 2 is 1.92 bits per heavy atom. The monoisotopic (exact) mass is 531 g/mol. The van der Waals surface area contributed by atoms with Gasteiger partial charge in [0.05, 0.1) is 33.7 Å². The van der Waals surface area contributed by atoms with Gasteiger partial charge in [0.15, 0.2) is 26.7 Å². The van der Waals surface area contributed by atoms with Crippen molar-refractivity contribution in [3.05, 3.63) is 42.2 Å². The molecule has 0 unspecified atom stereocenters. The van der Waals surface area contributed by atoms with E-state index in [9.17, 15) is 8.78 Å². The standard InChI is InChI=1S/C22H28B5F2N7OS/c1-20(11-28,38-19(30)31-2)8-12-7-13(9-34-17(12)29)35-18-16-14(3-6-32-18)36-15(10-33-16)37-22(26,27)5-4-21(23,24)25/h3,6-7,9-10H,8,11,23-27H2,1-2H3,(H2,30,31)(H,32,35)/t20-/m1/s1. The number of thioether (sulfide) groups is 1. The first-order valence-electron chi connectivity index (χ1n) is 12.0. The molecule has 38 heavy (non-hydrogen) atoms. The van der Waals surface area contributed by atoms with Crippen molar-refractivity contribution in [3.8, 4) is 17.7 Å². The zero-order valence-electron chi connectivity index (χ0n) is 22.7. The fourth-order valence-corrected chi connectivity index (χ4v) is 4.21. The number of anilines is 2. The van der Waals surface area contributed by atoms with Crippen LogP contribution in [-0.4, -0.2) is 88.2 Å². The minimum atomic E-state index is -1.00. The molecular formula is C22H28B5F2N7OS. The molecule has 192 valence electrons. The number of nitrogens with zero attached hydrogens (tertiary/aromatic N) is 5. The fourth-order valence-electron chi connectivity index (χ4n) is 3.33. The maximum absolute atomic E-state index is 14.6. The summed E-state index contributed by atoms with van der Waals surface area (Å²) in [5.41, 5.74) is 7.50. The lowest BCUT2D eigenvalue weighted by Gasteiger charge is -2.25. The molecule has 0 spiro atoms. The number of nitrogens with two attached hydrogens (primary N) is 1. The number of nitrogens with one attached hydrogen (secondary N) is 1. The molecule has 0 aliphatic heterocycles. The molecule has 0 saturated heterocycles. The largest absolute Gasteiger partial charge is 0.477 e. The number of alkyl halides is 1. The van der Waals surface area contributed by atoms with E-state index in [1.165, 1.54) is 19.4 Å². The van der Waals surface area contributed by atoms with E-state index in [4.69, 9.17) is 10.5 Å². The van der Waals surface area contributed by atoms with E-state index in [-0.39, 0.29) is 22.3 Å². The number of aromatic nitrogens is 4. The highest BCUT2D eigenvalue weighted by Gasteiger charge is 2.29. The second kappa shape index (κ2) is 11.7. The molecule has 0 amide bonds. The molecule has 3 N–H and O–H groups in total. The Hall–Kier alpha value is -3.20. The van der Waals surface area contributed by atoms with Gasteiger partial charge in [-0.2, -0.15) is 4.39 Å². The van der Waals surface area contributed by atoms with Crippen molar-refractivity contribution < 1.29 is 13.5 Å². The normalized spacial score (nSPS) is 13.8. The summed E-state index contributed by atoms with van der Waals surface area (Å²) in [5, 5.41) is 2.42. The van der Waals surface area contributed by atoms with E-state index in [1.54, 1.807) is 25.3 Å². The van der Waals surface area contributed by atoms with Gasteiger partial charge in [0.25, 0.3) is 0 Å². The lowest BCUT2D eigenvalue weighted by Crippen LogP contribution is -2.36. The van der Waals surface area contributed by atoms with Gasteiger partial charge < -0.3 is 15.8 Å². The van der Waals surface area contributed by atoms with Crippen molar-refractivity contribution in [2.75, 3.05) is 19.0 Å². The molecule has 3 rings (SSSR count). The quantitative estimate of drug-likeness (QED) is 0.119. The highest BCUT2D eigenvalue weighted by atomic mass is 32.2. The van der Waals surface area contributed by atoms with Crippen LogP contribution in [0.2, 0.25) is 5.11 Å². The third kappa shape index (κ3) is 8.15. The molecule has 3 aromatic heterocycles. The van der Waals surface area contributed by atoms with Crippen molar-refractivity contribution in [2.45, 2.75) is 28.6 Å². The summed E-state index contributed by atoms with van der Waals surface area (Å²) in [6.45, 7) is 0.932. The summed E-state index contributed by atoms with van der Waals surface area (Å²) in [6, 6.07) is 3.28. The van der Waals surface area contributed by atoms with Gasteiger partial charge in [0, 0.05) is 18.8 Å². The van der Waals surface area contributed by atoms with Gasteiger partial charge in [-0.1, -0.05) is 22.8 Å². The third-order valence-corrected chi connectivity index (χ3v) is 6.27. The molecule has 3 heterocycles. The predicted octanol–water partition coefficient (Wildman–Crippen LogP) is -1.47. The topological polar surface area (TPSA) is 111 Å². The number of halogens is 2. The van der Waals surface area contributed by atoms with Crippen molar-refractivity contribution in [3.63, 3.8) is 0 Å². The van der Waals surface area contributed by atoms with Gasteiger partial charge in [-0.25, -0.2) is 24.3 Å². The van der Waals surface area contributed by atoms with Gasteiger partial charge in [-0.15, -0.1) is 5.92 Å². The van der Waals surface area contributed by atoms with Crippen LogP contribution in [0.4, 0.5) is 20.3 Å². The van der Waals surface area contributed by atoms with E-state index < -0.39 is 22.8 Å². The highest BCUT2D eigenvalue weighted by molar-refractivity contribution is 8.15. The number of hydrogen-bond acceptors (Lipinski definition) is 8. The molecule has 16 heteroatoms. The summed E-state index contributed by atoms with van der Waals surface area (Å²) < 4.78 is 33.4. The average Bonchev–Trinajstić information content (AvgIpc) is 2.84. The molecule has 0 saturated carbocycles. The maximum atomic E-state index is 14.6. The smallest absolute Gasteiger partial charge is 0.232 e. The van der Waals surface area contributed by atoms with Crippen molar-refractivity contribution in [1.82, 2.24) is 19.9 Å². The first-order valence-corrected chi connectivity index (χ1v) is 12.8. The minimum absolute atomic E-state index is 0.0517. The summed E-state index contributed by atoms with van der Waals surface area (Å²) in [7, 11) is 11.3. The van der Waals surface area contributed by atoms with Gasteiger partial charge in [0.2, 0.25) is 11.8 Å². The number of rotatable bonds is 8. The van der Waals surface area contributed by atoms with E-state index in [0.29, 0.717) is 28.4 Å². The first kappa shape index (κ1) is 29.4. The third-order valence-electron chi connectivity index (χ3n) is 5.13. The number of ether oxygens (including phenoxy) is 1. The van der Waals surface area contributed by atoms with Crippen LogP contribution < -0.4 is 15.8 Å². The van der Waals surface area contributed by atoms with E-state index in [2.05, 4.69) is 42.1 Å². The Balaban J connectivity index is 1.86. The van der Waals surface area contributed by atoms with E-state index in [0.717, 1.165) is 11.8 Å². The van der Waals surface area contributed by atoms with Crippen molar-refractivity contribution in [1.29, 1.82) is 0 Å². The zero-order valence-corrected chi connectivity index (χ0v) is 23.5. The van der Waals surface area contributed by atoms with E-state index >= 15 is 0 Å². The number of aliphatic imine (C=N–C) groups is 1. The summed E-state index contributed by atoms with van der Waals surface area (Å²) in [4.78, 5) is 21.1. The number of hydrogen-bond donors (Lipinski definition) is 2. The molecule has 0 radical (unpaired) electrons. The van der Waals surface area contributed by atoms with E-state index in [1.807, 2.05) is 39.2 Å².